The lowest BCUT2D eigenvalue weighted by atomic mass is 10.1. The minimum absolute atomic E-state index is 0.0933. The highest BCUT2D eigenvalue weighted by Crippen LogP contribution is 2.18. The summed E-state index contributed by atoms with van der Waals surface area (Å²) in [5.41, 5.74) is 2.86. The molecule has 4 rings (SSSR count). The van der Waals surface area contributed by atoms with Gasteiger partial charge >= 0.3 is 0 Å². The Kier molecular flexibility index (Phi) is 4.00. The summed E-state index contributed by atoms with van der Waals surface area (Å²) in [5.74, 6) is 0.803. The van der Waals surface area contributed by atoms with E-state index in [4.69, 9.17) is 4.52 Å². The van der Waals surface area contributed by atoms with Gasteiger partial charge in [-0.3, -0.25) is 4.79 Å². The van der Waals surface area contributed by atoms with E-state index >= 15 is 0 Å². The quantitative estimate of drug-likeness (QED) is 0.588. The van der Waals surface area contributed by atoms with Crippen molar-refractivity contribution in [1.82, 2.24) is 20.4 Å². The number of hydrogen-bond donors (Lipinski definition) is 2. The standard InChI is InChI=1S/C19H16N4O2/c24-17(10-14-11-20-16-9-5-4-8-15(14)16)21-12-18-22-19(23-25-18)13-6-2-1-3-7-13/h1-9,11,20H,10,12H2,(H,21,24). The van der Waals surface area contributed by atoms with Gasteiger partial charge < -0.3 is 14.8 Å². The van der Waals surface area contributed by atoms with Gasteiger partial charge in [0.1, 0.15) is 0 Å². The largest absolute Gasteiger partial charge is 0.361 e. The fraction of sp³-hybridized carbons (Fsp3) is 0.105. The summed E-state index contributed by atoms with van der Waals surface area (Å²) in [6.45, 7) is 0.209. The molecule has 6 heteroatoms. The van der Waals surface area contributed by atoms with Gasteiger partial charge in [-0.15, -0.1) is 0 Å². The average molecular weight is 332 g/mol. The lowest BCUT2D eigenvalue weighted by Crippen LogP contribution is -2.24. The van der Waals surface area contributed by atoms with E-state index in [9.17, 15) is 4.79 Å². The summed E-state index contributed by atoms with van der Waals surface area (Å²) in [6.07, 6.45) is 2.16. The topological polar surface area (TPSA) is 83.8 Å². The number of aromatic amines is 1. The zero-order chi connectivity index (χ0) is 17.1. The molecule has 0 unspecified atom stereocenters. The maximum atomic E-state index is 12.2. The van der Waals surface area contributed by atoms with Crippen molar-refractivity contribution in [3.63, 3.8) is 0 Å². The Hall–Kier alpha value is -3.41. The van der Waals surface area contributed by atoms with Crippen LogP contribution in [-0.2, 0) is 17.8 Å². The molecule has 4 aromatic rings. The molecular formula is C19H16N4O2. The molecule has 124 valence electrons. The normalized spacial score (nSPS) is 10.9. The number of H-pyrrole nitrogens is 1. The van der Waals surface area contributed by atoms with Gasteiger partial charge in [-0.05, 0) is 11.6 Å². The number of hydrogen-bond acceptors (Lipinski definition) is 4. The van der Waals surface area contributed by atoms with E-state index in [1.54, 1.807) is 0 Å². The molecule has 1 amide bonds. The van der Waals surface area contributed by atoms with Crippen LogP contribution >= 0.6 is 0 Å². The Labute approximate surface area is 143 Å². The molecular weight excluding hydrogens is 316 g/mol. The Morgan fingerprint density at radius 1 is 1.08 bits per heavy atom. The molecule has 2 aromatic carbocycles. The van der Waals surface area contributed by atoms with Crippen molar-refractivity contribution in [2.24, 2.45) is 0 Å². The molecule has 0 spiro atoms. The number of para-hydroxylation sites is 1. The van der Waals surface area contributed by atoms with Gasteiger partial charge in [0.15, 0.2) is 0 Å². The van der Waals surface area contributed by atoms with Gasteiger partial charge in [-0.25, -0.2) is 0 Å². The first-order chi connectivity index (χ1) is 12.3. The molecule has 0 bridgehead atoms. The highest BCUT2D eigenvalue weighted by atomic mass is 16.5. The molecule has 0 fully saturated rings. The minimum atomic E-state index is -0.0933. The van der Waals surface area contributed by atoms with E-state index in [-0.39, 0.29) is 12.5 Å². The molecule has 0 saturated heterocycles. The second-order valence-electron chi connectivity index (χ2n) is 5.69. The Bertz CT molecular complexity index is 1000. The lowest BCUT2D eigenvalue weighted by molar-refractivity contribution is -0.120. The summed E-state index contributed by atoms with van der Waals surface area (Å²) < 4.78 is 5.19. The fourth-order valence-corrected chi connectivity index (χ4v) is 2.72. The number of rotatable bonds is 5. The molecule has 2 N–H and O–H groups in total. The molecule has 2 heterocycles. The van der Waals surface area contributed by atoms with Crippen LogP contribution in [-0.4, -0.2) is 21.0 Å². The van der Waals surface area contributed by atoms with E-state index in [1.807, 2.05) is 60.8 Å². The van der Waals surface area contributed by atoms with E-state index in [1.165, 1.54) is 0 Å². The third-order valence-corrected chi connectivity index (χ3v) is 3.96. The number of fused-ring (bicyclic) bond motifs is 1. The number of nitrogens with one attached hydrogen (secondary N) is 2. The van der Waals surface area contributed by atoms with Gasteiger partial charge in [0, 0.05) is 22.7 Å². The number of amides is 1. The maximum Gasteiger partial charge on any atom is 0.246 e. The van der Waals surface area contributed by atoms with Gasteiger partial charge in [-0.2, -0.15) is 4.98 Å². The van der Waals surface area contributed by atoms with E-state index in [2.05, 4.69) is 20.4 Å². The van der Waals surface area contributed by atoms with Crippen molar-refractivity contribution in [2.45, 2.75) is 13.0 Å². The Balaban J connectivity index is 1.38. The molecule has 0 saturated carbocycles. The smallest absolute Gasteiger partial charge is 0.246 e. The van der Waals surface area contributed by atoms with Crippen molar-refractivity contribution < 1.29 is 9.32 Å². The van der Waals surface area contributed by atoms with E-state index in [0.717, 1.165) is 22.0 Å². The molecule has 0 aliphatic carbocycles. The third kappa shape index (κ3) is 3.28. The van der Waals surface area contributed by atoms with Gasteiger partial charge in [-0.1, -0.05) is 53.7 Å². The number of benzene rings is 2. The van der Waals surface area contributed by atoms with Crippen LogP contribution in [0.3, 0.4) is 0 Å². The van der Waals surface area contributed by atoms with Crippen LogP contribution in [0.5, 0.6) is 0 Å². The van der Waals surface area contributed by atoms with Gasteiger partial charge in [0.25, 0.3) is 0 Å². The van der Waals surface area contributed by atoms with Gasteiger partial charge in [0.05, 0.1) is 13.0 Å². The highest BCUT2D eigenvalue weighted by molar-refractivity contribution is 5.88. The van der Waals surface area contributed by atoms with Crippen LogP contribution in [0.2, 0.25) is 0 Å². The zero-order valence-corrected chi connectivity index (χ0v) is 13.4. The average Bonchev–Trinajstić information content (AvgIpc) is 3.28. The third-order valence-electron chi connectivity index (χ3n) is 3.96. The molecule has 0 aliphatic heterocycles. The molecule has 0 atom stereocenters. The Morgan fingerprint density at radius 3 is 2.76 bits per heavy atom. The van der Waals surface area contributed by atoms with E-state index in [0.29, 0.717) is 18.1 Å². The van der Waals surface area contributed by atoms with Crippen LogP contribution in [0.25, 0.3) is 22.3 Å². The first kappa shape index (κ1) is 15.1. The van der Waals surface area contributed by atoms with Crippen LogP contribution in [0.4, 0.5) is 0 Å². The molecule has 0 radical (unpaired) electrons. The fourth-order valence-electron chi connectivity index (χ4n) is 2.72. The number of nitrogens with zero attached hydrogens (tertiary/aromatic N) is 2. The van der Waals surface area contributed by atoms with Gasteiger partial charge in [0.2, 0.25) is 17.6 Å². The number of carbonyl (C=O) groups is 1. The maximum absolute atomic E-state index is 12.2. The van der Waals surface area contributed by atoms with Crippen LogP contribution < -0.4 is 5.32 Å². The minimum Gasteiger partial charge on any atom is -0.361 e. The SMILES string of the molecule is O=C(Cc1c[nH]c2ccccc12)NCc1nc(-c2ccccc2)no1. The molecule has 25 heavy (non-hydrogen) atoms. The summed E-state index contributed by atoms with van der Waals surface area (Å²) >= 11 is 0. The lowest BCUT2D eigenvalue weighted by Gasteiger charge is -2.01. The first-order valence-electron chi connectivity index (χ1n) is 7.99. The molecule has 6 nitrogen and oxygen atoms in total. The Morgan fingerprint density at radius 2 is 1.88 bits per heavy atom. The zero-order valence-electron chi connectivity index (χ0n) is 13.4. The van der Waals surface area contributed by atoms with Crippen molar-refractivity contribution >= 4 is 16.8 Å². The van der Waals surface area contributed by atoms with E-state index < -0.39 is 0 Å². The van der Waals surface area contributed by atoms with Crippen molar-refractivity contribution in [3.8, 4) is 11.4 Å². The molecule has 2 aromatic heterocycles. The summed E-state index contributed by atoms with van der Waals surface area (Å²) in [7, 11) is 0. The van der Waals surface area contributed by atoms with Crippen LogP contribution in [0.1, 0.15) is 11.5 Å². The predicted octanol–water partition coefficient (Wildman–Crippen LogP) is 3.08. The van der Waals surface area contributed by atoms with Crippen molar-refractivity contribution in [2.75, 3.05) is 0 Å². The number of aromatic nitrogens is 3. The summed E-state index contributed by atoms with van der Waals surface area (Å²) in [4.78, 5) is 19.7. The summed E-state index contributed by atoms with van der Waals surface area (Å²) in [5, 5.41) is 7.81. The monoisotopic (exact) mass is 332 g/mol. The highest BCUT2D eigenvalue weighted by Gasteiger charge is 2.11. The van der Waals surface area contributed by atoms with Crippen LogP contribution in [0.15, 0.2) is 65.3 Å². The summed E-state index contributed by atoms with van der Waals surface area (Å²) in [6, 6.07) is 17.5. The van der Waals surface area contributed by atoms with Crippen LogP contribution in [0, 0.1) is 0 Å². The van der Waals surface area contributed by atoms with Crippen molar-refractivity contribution in [1.29, 1.82) is 0 Å². The predicted molar refractivity (Wildman–Crippen MR) is 93.6 cm³/mol. The first-order valence-corrected chi connectivity index (χ1v) is 7.99. The van der Waals surface area contributed by atoms with Crippen molar-refractivity contribution in [3.05, 3.63) is 72.2 Å². The number of carbonyl (C=O) groups excluding carboxylic acids is 1. The second kappa shape index (κ2) is 6.60. The molecule has 0 aliphatic rings. The second-order valence-corrected chi connectivity index (χ2v) is 5.69.